The molecule has 2 heterocycles. The van der Waals surface area contributed by atoms with Crippen molar-refractivity contribution < 1.29 is 9.53 Å². The lowest BCUT2D eigenvalue weighted by Gasteiger charge is -2.24. The zero-order valence-corrected chi connectivity index (χ0v) is 15.4. The number of aromatic nitrogens is 1. The minimum Gasteiger partial charge on any atom is -0.497 e. The number of fused-ring (bicyclic) bond motifs is 1. The highest BCUT2D eigenvalue weighted by molar-refractivity contribution is 6.06. The minimum atomic E-state index is -0.0440. The molecule has 2 aromatic rings. The van der Waals surface area contributed by atoms with Crippen molar-refractivity contribution in [2.45, 2.75) is 25.8 Å². The Kier molecular flexibility index (Phi) is 7.73. The molecule has 2 N–H and O–H groups in total. The van der Waals surface area contributed by atoms with Crippen molar-refractivity contribution in [3.05, 3.63) is 35.5 Å². The van der Waals surface area contributed by atoms with E-state index >= 15 is 0 Å². The predicted molar refractivity (Wildman–Crippen MR) is 101 cm³/mol. The summed E-state index contributed by atoms with van der Waals surface area (Å²) < 4.78 is 5.27. The smallest absolute Gasteiger partial charge is 0.252 e. The van der Waals surface area contributed by atoms with E-state index in [4.69, 9.17) is 4.74 Å². The van der Waals surface area contributed by atoms with E-state index in [1.54, 1.807) is 7.11 Å². The van der Waals surface area contributed by atoms with Crippen LogP contribution in [0.25, 0.3) is 10.9 Å². The molecule has 0 unspecified atom stereocenters. The molecule has 132 valence electrons. The maximum Gasteiger partial charge on any atom is 0.252 e. The van der Waals surface area contributed by atoms with Gasteiger partial charge in [0.15, 0.2) is 0 Å². The molecule has 0 aliphatic carbocycles. The molecule has 1 aliphatic rings. The molecular formula is C17H23Cl2N3O2. The first-order valence-corrected chi connectivity index (χ1v) is 7.64. The Morgan fingerprint density at radius 3 is 2.79 bits per heavy atom. The van der Waals surface area contributed by atoms with Gasteiger partial charge in [0.25, 0.3) is 5.91 Å². The van der Waals surface area contributed by atoms with Crippen molar-refractivity contribution in [3.8, 4) is 5.75 Å². The van der Waals surface area contributed by atoms with Crippen molar-refractivity contribution in [2.75, 3.05) is 20.2 Å². The number of nitrogens with zero attached hydrogens (tertiary/aromatic N) is 1. The van der Waals surface area contributed by atoms with Gasteiger partial charge in [-0.25, -0.2) is 0 Å². The molecule has 1 saturated heterocycles. The zero-order chi connectivity index (χ0) is 15.5. The van der Waals surface area contributed by atoms with E-state index in [2.05, 4.69) is 15.6 Å². The molecule has 5 nitrogen and oxygen atoms in total. The summed E-state index contributed by atoms with van der Waals surface area (Å²) in [6.07, 6.45) is 2.11. The second-order valence-electron chi connectivity index (χ2n) is 5.71. The van der Waals surface area contributed by atoms with E-state index in [9.17, 15) is 4.79 Å². The van der Waals surface area contributed by atoms with Gasteiger partial charge in [-0.2, -0.15) is 0 Å². The lowest BCUT2D eigenvalue weighted by Crippen LogP contribution is -2.45. The quantitative estimate of drug-likeness (QED) is 0.870. The standard InChI is InChI=1S/C17H21N3O2.2ClH/c1-11-8-15(17(21)20-12-4-3-7-18-10-12)14-9-13(22-2)5-6-16(14)19-11;;/h5-6,8-9,12,18H,3-4,7,10H2,1-2H3,(H,20,21);2*1H/t12-;;/m0../s1. The van der Waals surface area contributed by atoms with Crippen LogP contribution in [0.1, 0.15) is 28.9 Å². The Hall–Kier alpha value is -1.56. The summed E-state index contributed by atoms with van der Waals surface area (Å²) in [5.74, 6) is 0.684. The number of rotatable bonds is 3. The molecule has 1 atom stereocenters. The van der Waals surface area contributed by atoms with Gasteiger partial charge in [0.2, 0.25) is 0 Å². The largest absolute Gasteiger partial charge is 0.497 e. The maximum atomic E-state index is 12.7. The number of methoxy groups -OCH3 is 1. The number of hydrogen-bond donors (Lipinski definition) is 2. The number of nitrogens with one attached hydrogen (secondary N) is 2. The number of aryl methyl sites for hydroxylation is 1. The third-order valence-corrected chi connectivity index (χ3v) is 4.02. The average Bonchev–Trinajstić information content (AvgIpc) is 2.54. The Morgan fingerprint density at radius 1 is 1.33 bits per heavy atom. The molecule has 7 heteroatoms. The van der Waals surface area contributed by atoms with Crippen LogP contribution >= 0.6 is 24.8 Å². The summed E-state index contributed by atoms with van der Waals surface area (Å²) in [5.41, 5.74) is 2.31. The van der Waals surface area contributed by atoms with Crippen LogP contribution < -0.4 is 15.4 Å². The van der Waals surface area contributed by atoms with Gasteiger partial charge >= 0.3 is 0 Å². The van der Waals surface area contributed by atoms with Gasteiger partial charge in [-0.3, -0.25) is 9.78 Å². The highest BCUT2D eigenvalue weighted by Crippen LogP contribution is 2.24. The van der Waals surface area contributed by atoms with Gasteiger partial charge in [-0.05, 0) is 50.6 Å². The summed E-state index contributed by atoms with van der Waals surface area (Å²) in [4.78, 5) is 17.2. The lowest BCUT2D eigenvalue weighted by atomic mass is 10.0. The Balaban J connectivity index is 0.00000144. The SMILES string of the molecule is COc1ccc2nc(C)cc(C(=O)N[C@H]3CCCNC3)c2c1.Cl.Cl. The van der Waals surface area contributed by atoms with Crippen LogP contribution in [0.2, 0.25) is 0 Å². The minimum absolute atomic E-state index is 0. The molecule has 1 aliphatic heterocycles. The van der Waals surface area contributed by atoms with Crippen LogP contribution in [0.15, 0.2) is 24.3 Å². The highest BCUT2D eigenvalue weighted by atomic mass is 35.5. The fourth-order valence-electron chi connectivity index (χ4n) is 2.89. The molecule has 0 bridgehead atoms. The molecule has 3 rings (SSSR count). The number of benzene rings is 1. The average molecular weight is 372 g/mol. The number of carbonyl (C=O) groups is 1. The van der Waals surface area contributed by atoms with E-state index in [1.807, 2.05) is 31.2 Å². The monoisotopic (exact) mass is 371 g/mol. The van der Waals surface area contributed by atoms with E-state index < -0.39 is 0 Å². The van der Waals surface area contributed by atoms with Gasteiger partial charge in [0, 0.05) is 23.7 Å². The fraction of sp³-hybridized carbons (Fsp3) is 0.412. The van der Waals surface area contributed by atoms with E-state index in [0.29, 0.717) is 5.56 Å². The Morgan fingerprint density at radius 2 is 2.12 bits per heavy atom. The molecule has 0 saturated carbocycles. The van der Waals surface area contributed by atoms with E-state index in [1.165, 1.54) is 0 Å². The number of carbonyl (C=O) groups excluding carboxylic acids is 1. The van der Waals surface area contributed by atoms with Crippen LogP contribution in [0, 0.1) is 6.92 Å². The first-order chi connectivity index (χ1) is 10.7. The number of ether oxygens (including phenoxy) is 1. The number of pyridine rings is 1. The molecule has 1 amide bonds. The predicted octanol–water partition coefficient (Wildman–Crippen LogP) is 2.88. The molecule has 1 fully saturated rings. The normalized spacial score (nSPS) is 16.7. The molecule has 24 heavy (non-hydrogen) atoms. The molecule has 1 aromatic carbocycles. The molecular weight excluding hydrogens is 349 g/mol. The van der Waals surface area contributed by atoms with E-state index in [0.717, 1.165) is 48.3 Å². The van der Waals surface area contributed by atoms with Gasteiger partial charge in [0.05, 0.1) is 18.2 Å². The second kappa shape index (κ2) is 9.06. The Labute approximate surface area is 154 Å². The lowest BCUT2D eigenvalue weighted by molar-refractivity contribution is 0.0932. The topological polar surface area (TPSA) is 63.2 Å². The third kappa shape index (κ3) is 4.50. The number of amides is 1. The van der Waals surface area contributed by atoms with Crippen molar-refractivity contribution in [1.29, 1.82) is 0 Å². The Bertz CT molecular complexity index is 704. The number of piperidine rings is 1. The van der Waals surface area contributed by atoms with Gasteiger partial charge < -0.3 is 15.4 Å². The summed E-state index contributed by atoms with van der Waals surface area (Å²) >= 11 is 0. The second-order valence-corrected chi connectivity index (χ2v) is 5.71. The van der Waals surface area contributed by atoms with Crippen LogP contribution in [0.4, 0.5) is 0 Å². The summed E-state index contributed by atoms with van der Waals surface area (Å²) in [6.45, 7) is 3.76. The van der Waals surface area contributed by atoms with Gasteiger partial charge in [-0.15, -0.1) is 24.8 Å². The first-order valence-electron chi connectivity index (χ1n) is 7.64. The van der Waals surface area contributed by atoms with Gasteiger partial charge in [0.1, 0.15) is 5.75 Å². The number of halogens is 2. The highest BCUT2D eigenvalue weighted by Gasteiger charge is 2.18. The first kappa shape index (κ1) is 20.5. The molecule has 0 radical (unpaired) electrons. The van der Waals surface area contributed by atoms with E-state index in [-0.39, 0.29) is 36.8 Å². The fourth-order valence-corrected chi connectivity index (χ4v) is 2.89. The van der Waals surface area contributed by atoms with Crippen molar-refractivity contribution >= 4 is 41.6 Å². The van der Waals surface area contributed by atoms with Crippen LogP contribution in [0.3, 0.4) is 0 Å². The van der Waals surface area contributed by atoms with Crippen molar-refractivity contribution in [1.82, 2.24) is 15.6 Å². The van der Waals surface area contributed by atoms with Crippen molar-refractivity contribution in [2.24, 2.45) is 0 Å². The summed E-state index contributed by atoms with van der Waals surface area (Å²) in [7, 11) is 1.62. The van der Waals surface area contributed by atoms with Crippen LogP contribution in [-0.2, 0) is 0 Å². The zero-order valence-electron chi connectivity index (χ0n) is 13.8. The summed E-state index contributed by atoms with van der Waals surface area (Å²) in [6, 6.07) is 7.65. The van der Waals surface area contributed by atoms with Crippen LogP contribution in [0.5, 0.6) is 5.75 Å². The molecule has 0 spiro atoms. The number of hydrogen-bond acceptors (Lipinski definition) is 4. The van der Waals surface area contributed by atoms with Crippen LogP contribution in [-0.4, -0.2) is 37.1 Å². The maximum absolute atomic E-state index is 12.7. The summed E-state index contributed by atoms with van der Waals surface area (Å²) in [5, 5.41) is 7.26. The molecule has 1 aromatic heterocycles. The van der Waals surface area contributed by atoms with Crippen molar-refractivity contribution in [3.63, 3.8) is 0 Å². The third-order valence-electron chi connectivity index (χ3n) is 4.02. The van der Waals surface area contributed by atoms with Gasteiger partial charge in [-0.1, -0.05) is 0 Å².